The number of hydrogen-bond donors (Lipinski definition) is 0. The molecule has 1 saturated heterocycles. The van der Waals surface area contributed by atoms with Crippen molar-refractivity contribution in [1.29, 1.82) is 0 Å². The molecular weight excluding hydrogens is 458 g/mol. The maximum Gasteiger partial charge on any atom is 0.274 e. The van der Waals surface area contributed by atoms with Gasteiger partial charge in [0, 0.05) is 17.0 Å². The molecule has 0 N–H and O–H groups in total. The molecule has 3 aromatic carbocycles. The van der Waals surface area contributed by atoms with Gasteiger partial charge in [-0.1, -0.05) is 58.8 Å². The zero-order valence-corrected chi connectivity index (χ0v) is 20.2. The molecule has 0 bridgehead atoms. The first-order chi connectivity index (χ1) is 15.4. The molecular formula is C25H20ClN3OS2. The van der Waals surface area contributed by atoms with Gasteiger partial charge in [-0.05, 0) is 68.1 Å². The van der Waals surface area contributed by atoms with Gasteiger partial charge < -0.3 is 4.90 Å². The van der Waals surface area contributed by atoms with Gasteiger partial charge in [-0.15, -0.1) is 0 Å². The summed E-state index contributed by atoms with van der Waals surface area (Å²) in [6, 6.07) is 21.7. The topological polar surface area (TPSA) is 35.9 Å². The summed E-state index contributed by atoms with van der Waals surface area (Å²) in [5.41, 5.74) is 4.94. The number of amides is 1. The van der Waals surface area contributed by atoms with Gasteiger partial charge in [0.25, 0.3) is 5.91 Å². The second kappa shape index (κ2) is 8.35. The van der Waals surface area contributed by atoms with Crippen LogP contribution in [0, 0.1) is 13.8 Å². The summed E-state index contributed by atoms with van der Waals surface area (Å²) in [5, 5.41) is 2.22. The largest absolute Gasteiger partial charge is 0.337 e. The van der Waals surface area contributed by atoms with Crippen molar-refractivity contribution in [3.8, 4) is 0 Å². The number of aliphatic imine (C=N–C) groups is 1. The van der Waals surface area contributed by atoms with Gasteiger partial charge in [0.15, 0.2) is 5.17 Å². The molecule has 3 aromatic rings. The molecule has 160 valence electrons. The molecule has 0 saturated carbocycles. The predicted octanol–water partition coefficient (Wildman–Crippen LogP) is 7.14. The molecule has 32 heavy (non-hydrogen) atoms. The molecule has 0 radical (unpaired) electrons. The van der Waals surface area contributed by atoms with Crippen molar-refractivity contribution >= 4 is 63.3 Å². The van der Waals surface area contributed by atoms with Crippen molar-refractivity contribution in [2.24, 2.45) is 4.99 Å². The lowest BCUT2D eigenvalue weighted by Crippen LogP contribution is -2.29. The third kappa shape index (κ3) is 3.83. The van der Waals surface area contributed by atoms with E-state index < -0.39 is 0 Å². The van der Waals surface area contributed by atoms with Crippen LogP contribution in [0.3, 0.4) is 0 Å². The number of hydrogen-bond acceptors (Lipinski definition) is 5. The lowest BCUT2D eigenvalue weighted by Gasteiger charge is -2.17. The molecule has 1 amide bonds. The maximum atomic E-state index is 13.7. The Morgan fingerprint density at radius 2 is 1.53 bits per heavy atom. The van der Waals surface area contributed by atoms with E-state index in [4.69, 9.17) is 16.6 Å². The number of aryl methyl sites for hydroxylation is 2. The van der Waals surface area contributed by atoms with Crippen LogP contribution in [-0.2, 0) is 4.79 Å². The van der Waals surface area contributed by atoms with Crippen LogP contribution in [0.15, 0.2) is 86.6 Å². The van der Waals surface area contributed by atoms with E-state index in [1.165, 1.54) is 17.3 Å². The first-order valence-corrected chi connectivity index (χ1v) is 12.1. The molecule has 0 aromatic heterocycles. The molecule has 0 aliphatic carbocycles. The van der Waals surface area contributed by atoms with E-state index in [9.17, 15) is 4.79 Å². The molecule has 2 aliphatic rings. The van der Waals surface area contributed by atoms with Crippen molar-refractivity contribution in [3.05, 3.63) is 92.8 Å². The van der Waals surface area contributed by atoms with Crippen LogP contribution in [0.4, 0.5) is 17.1 Å². The SMILES string of the molecule is Cc1ccc(N=C2SC(=C3Sc4ccc(Cl)cc4N3C)C(=O)N2c2ccc(C)cc2)cc1. The number of halogens is 1. The highest BCUT2D eigenvalue weighted by Gasteiger charge is 2.40. The summed E-state index contributed by atoms with van der Waals surface area (Å²) in [5.74, 6) is -0.0713. The van der Waals surface area contributed by atoms with E-state index in [2.05, 4.69) is 0 Å². The molecule has 2 heterocycles. The van der Waals surface area contributed by atoms with Crippen LogP contribution in [0.25, 0.3) is 0 Å². The van der Waals surface area contributed by atoms with Gasteiger partial charge in [0.1, 0.15) is 4.91 Å². The number of fused-ring (bicyclic) bond motifs is 1. The Balaban J connectivity index is 1.60. The number of thioether (sulfide) groups is 2. The summed E-state index contributed by atoms with van der Waals surface area (Å²) < 4.78 is 0. The summed E-state index contributed by atoms with van der Waals surface area (Å²) in [6.45, 7) is 4.08. The standard InChI is InChI=1S/C25H20ClN3OS2/c1-15-4-9-18(10-5-15)27-25-29(19-11-6-16(2)7-12-19)23(30)22(32-25)24-28(3)20-14-17(26)8-13-21(20)31-24/h4-14H,1-3H3. The van der Waals surface area contributed by atoms with E-state index in [0.29, 0.717) is 15.1 Å². The van der Waals surface area contributed by atoms with Gasteiger partial charge in [-0.25, -0.2) is 4.99 Å². The first-order valence-electron chi connectivity index (χ1n) is 10.1. The quantitative estimate of drug-likeness (QED) is 0.367. The fraction of sp³-hybridized carbons (Fsp3) is 0.120. The summed E-state index contributed by atoms with van der Waals surface area (Å²) in [4.78, 5) is 24.0. The number of carbonyl (C=O) groups excluding carboxylic acids is 1. The average molecular weight is 478 g/mol. The number of carbonyl (C=O) groups is 1. The van der Waals surface area contributed by atoms with Crippen molar-refractivity contribution in [1.82, 2.24) is 0 Å². The first kappa shape index (κ1) is 21.2. The monoisotopic (exact) mass is 477 g/mol. The third-order valence-corrected chi connectivity index (χ3v) is 7.95. The van der Waals surface area contributed by atoms with E-state index in [0.717, 1.165) is 32.6 Å². The highest BCUT2D eigenvalue weighted by molar-refractivity contribution is 8.20. The third-order valence-electron chi connectivity index (χ3n) is 5.32. The van der Waals surface area contributed by atoms with Gasteiger partial charge >= 0.3 is 0 Å². The highest BCUT2D eigenvalue weighted by atomic mass is 35.5. The normalized spacial score (nSPS) is 19.2. The molecule has 1 fully saturated rings. The van der Waals surface area contributed by atoms with Gasteiger partial charge in [-0.2, -0.15) is 0 Å². The van der Waals surface area contributed by atoms with E-state index in [1.807, 2.05) is 92.5 Å². The zero-order chi connectivity index (χ0) is 22.4. The van der Waals surface area contributed by atoms with Crippen LogP contribution < -0.4 is 9.80 Å². The number of rotatable bonds is 2. The number of nitrogens with zero attached hydrogens (tertiary/aromatic N) is 3. The zero-order valence-electron chi connectivity index (χ0n) is 17.8. The van der Waals surface area contributed by atoms with Crippen molar-refractivity contribution < 1.29 is 4.79 Å². The second-order valence-corrected chi connectivity index (χ2v) is 10.2. The molecule has 4 nitrogen and oxygen atoms in total. The Morgan fingerprint density at radius 1 is 0.875 bits per heavy atom. The number of anilines is 2. The number of benzene rings is 3. The molecule has 0 spiro atoms. The molecule has 0 atom stereocenters. The van der Waals surface area contributed by atoms with Crippen LogP contribution >= 0.6 is 35.1 Å². The highest BCUT2D eigenvalue weighted by Crippen LogP contribution is 2.51. The minimum Gasteiger partial charge on any atom is -0.337 e. The summed E-state index contributed by atoms with van der Waals surface area (Å²) >= 11 is 9.21. The van der Waals surface area contributed by atoms with Gasteiger partial charge in [-0.3, -0.25) is 9.69 Å². The fourth-order valence-corrected chi connectivity index (χ4v) is 6.04. The van der Waals surface area contributed by atoms with Gasteiger partial charge in [0.05, 0.1) is 22.1 Å². The summed E-state index contributed by atoms with van der Waals surface area (Å²) in [7, 11) is 1.97. The van der Waals surface area contributed by atoms with E-state index in [-0.39, 0.29) is 5.91 Å². The minimum atomic E-state index is -0.0713. The number of amidine groups is 1. The second-order valence-electron chi connectivity index (χ2n) is 7.72. The van der Waals surface area contributed by atoms with Crippen molar-refractivity contribution in [2.75, 3.05) is 16.8 Å². The van der Waals surface area contributed by atoms with Crippen LogP contribution in [0.5, 0.6) is 0 Å². The Hall–Kier alpha value is -2.67. The molecule has 5 rings (SSSR count). The smallest absolute Gasteiger partial charge is 0.274 e. The average Bonchev–Trinajstić information content (AvgIpc) is 3.27. The van der Waals surface area contributed by atoms with Crippen molar-refractivity contribution in [3.63, 3.8) is 0 Å². The lowest BCUT2D eigenvalue weighted by atomic mass is 10.2. The molecule has 0 unspecified atom stereocenters. The molecule has 7 heteroatoms. The minimum absolute atomic E-state index is 0.0713. The van der Waals surface area contributed by atoms with Crippen LogP contribution in [0.2, 0.25) is 5.02 Å². The van der Waals surface area contributed by atoms with Gasteiger partial charge in [0.2, 0.25) is 0 Å². The van der Waals surface area contributed by atoms with E-state index in [1.54, 1.807) is 16.7 Å². The maximum absolute atomic E-state index is 13.7. The van der Waals surface area contributed by atoms with Crippen LogP contribution in [0.1, 0.15) is 11.1 Å². The summed E-state index contributed by atoms with van der Waals surface area (Å²) in [6.07, 6.45) is 0. The van der Waals surface area contributed by atoms with E-state index >= 15 is 0 Å². The Labute approximate surface area is 201 Å². The Morgan fingerprint density at radius 3 is 2.22 bits per heavy atom. The Bertz CT molecular complexity index is 1280. The van der Waals surface area contributed by atoms with Crippen molar-refractivity contribution in [2.45, 2.75) is 18.7 Å². The molecule has 2 aliphatic heterocycles. The fourth-order valence-electron chi connectivity index (χ4n) is 3.55. The lowest BCUT2D eigenvalue weighted by molar-refractivity contribution is -0.113. The predicted molar refractivity (Wildman–Crippen MR) is 137 cm³/mol. The van der Waals surface area contributed by atoms with Crippen LogP contribution in [-0.4, -0.2) is 18.1 Å². The Kier molecular flexibility index (Phi) is 5.53.